The van der Waals surface area contributed by atoms with Gasteiger partial charge >= 0.3 is 0 Å². The minimum Gasteiger partial charge on any atom is -0.484 e. The van der Waals surface area contributed by atoms with E-state index < -0.39 is 10.0 Å². The van der Waals surface area contributed by atoms with E-state index in [9.17, 15) is 13.2 Å². The van der Waals surface area contributed by atoms with Crippen LogP contribution in [0.4, 0.5) is 5.69 Å². The van der Waals surface area contributed by atoms with Gasteiger partial charge in [0.05, 0.1) is 10.6 Å². The molecule has 0 unspecified atom stereocenters. The summed E-state index contributed by atoms with van der Waals surface area (Å²) in [6.45, 7) is 5.89. The molecule has 0 bridgehead atoms. The van der Waals surface area contributed by atoms with Crippen molar-refractivity contribution in [1.29, 1.82) is 0 Å². The van der Waals surface area contributed by atoms with Crippen LogP contribution < -0.4 is 14.4 Å². The van der Waals surface area contributed by atoms with Gasteiger partial charge in [-0.1, -0.05) is 25.4 Å². The smallest absolute Gasteiger partial charge is 0.264 e. The van der Waals surface area contributed by atoms with Crippen molar-refractivity contribution in [1.82, 2.24) is 5.32 Å². The maximum Gasteiger partial charge on any atom is 0.264 e. The highest BCUT2D eigenvalue weighted by atomic mass is 35.5. The number of carbonyl (C=O) groups is 1. The first-order valence-corrected chi connectivity index (χ1v) is 10.7. The number of amides is 1. The minimum atomic E-state index is -3.70. The molecule has 0 heterocycles. The van der Waals surface area contributed by atoms with Crippen LogP contribution in [0.5, 0.6) is 5.75 Å². The number of sulfonamides is 1. The molecule has 0 aliphatic heterocycles. The average Bonchev–Trinajstić information content (AvgIpc) is 2.66. The standard InChI is InChI=1S/C20H25ClN2O4S/c1-14(2)15(3)22-20(24)13-27-18-9-7-17(8-10-18)23(4)28(25,26)19-11-5-16(21)6-12-19/h5-12,14-15H,13H2,1-4H3,(H,22,24)/t15-/m1/s1. The summed E-state index contributed by atoms with van der Waals surface area (Å²) in [5, 5.41) is 3.33. The molecule has 152 valence electrons. The fourth-order valence-electron chi connectivity index (χ4n) is 2.27. The zero-order chi connectivity index (χ0) is 20.9. The molecule has 2 aromatic rings. The summed E-state index contributed by atoms with van der Waals surface area (Å²) in [7, 11) is -2.23. The van der Waals surface area contributed by atoms with Crippen LogP contribution in [0.15, 0.2) is 53.4 Å². The summed E-state index contributed by atoms with van der Waals surface area (Å²) in [6.07, 6.45) is 0. The second kappa shape index (κ2) is 9.30. The van der Waals surface area contributed by atoms with Crippen LogP contribution in [0.25, 0.3) is 0 Å². The van der Waals surface area contributed by atoms with Gasteiger partial charge in [0.25, 0.3) is 15.9 Å². The van der Waals surface area contributed by atoms with Crippen LogP contribution in [-0.2, 0) is 14.8 Å². The Morgan fingerprint density at radius 1 is 1.07 bits per heavy atom. The fraction of sp³-hybridized carbons (Fsp3) is 0.350. The van der Waals surface area contributed by atoms with Crippen LogP contribution in [0, 0.1) is 5.92 Å². The molecule has 0 spiro atoms. The largest absolute Gasteiger partial charge is 0.484 e. The van der Waals surface area contributed by atoms with Gasteiger partial charge in [-0.2, -0.15) is 0 Å². The topological polar surface area (TPSA) is 75.7 Å². The maximum absolute atomic E-state index is 12.7. The number of benzene rings is 2. The van der Waals surface area contributed by atoms with Gasteiger partial charge in [0, 0.05) is 18.1 Å². The summed E-state index contributed by atoms with van der Waals surface area (Å²) in [4.78, 5) is 12.0. The monoisotopic (exact) mass is 424 g/mol. The molecule has 0 radical (unpaired) electrons. The second-order valence-electron chi connectivity index (χ2n) is 6.81. The summed E-state index contributed by atoms with van der Waals surface area (Å²) >= 11 is 5.82. The Hall–Kier alpha value is -2.25. The lowest BCUT2D eigenvalue weighted by Gasteiger charge is -2.20. The molecule has 0 aromatic heterocycles. The predicted molar refractivity (Wildman–Crippen MR) is 111 cm³/mol. The summed E-state index contributed by atoms with van der Waals surface area (Å²) < 4.78 is 32.0. The van der Waals surface area contributed by atoms with Crippen LogP contribution in [0.3, 0.4) is 0 Å². The molecule has 0 fully saturated rings. The van der Waals surface area contributed by atoms with Crippen molar-refractivity contribution in [3.05, 3.63) is 53.6 Å². The lowest BCUT2D eigenvalue weighted by atomic mass is 10.1. The van der Waals surface area contributed by atoms with E-state index in [4.69, 9.17) is 16.3 Å². The maximum atomic E-state index is 12.7. The summed E-state index contributed by atoms with van der Waals surface area (Å²) in [6, 6.07) is 12.5. The normalized spacial score (nSPS) is 12.5. The molecule has 2 rings (SSSR count). The number of rotatable bonds is 8. The van der Waals surface area contributed by atoms with Gasteiger partial charge in [0.1, 0.15) is 5.75 Å². The Morgan fingerprint density at radius 2 is 1.64 bits per heavy atom. The number of halogens is 1. The summed E-state index contributed by atoms with van der Waals surface area (Å²) in [5.41, 5.74) is 0.472. The molecule has 8 heteroatoms. The third kappa shape index (κ3) is 5.62. The van der Waals surface area contributed by atoms with Crippen molar-refractivity contribution in [3.63, 3.8) is 0 Å². The molecule has 2 aromatic carbocycles. The number of anilines is 1. The van der Waals surface area contributed by atoms with E-state index in [1.807, 2.05) is 20.8 Å². The molecule has 1 amide bonds. The first kappa shape index (κ1) is 22.0. The molecule has 28 heavy (non-hydrogen) atoms. The zero-order valence-electron chi connectivity index (χ0n) is 16.3. The van der Waals surface area contributed by atoms with E-state index in [1.54, 1.807) is 24.3 Å². The molecule has 1 atom stereocenters. The predicted octanol–water partition coefficient (Wildman–Crippen LogP) is 3.70. The number of nitrogens with one attached hydrogen (secondary N) is 1. The number of carbonyl (C=O) groups excluding carboxylic acids is 1. The first-order chi connectivity index (χ1) is 13.1. The summed E-state index contributed by atoms with van der Waals surface area (Å²) in [5.74, 6) is 0.613. The van der Waals surface area contributed by atoms with Gasteiger partial charge in [-0.25, -0.2) is 8.42 Å². The SMILES string of the molecule is CC(C)[C@@H](C)NC(=O)COc1ccc(N(C)S(=O)(=O)c2ccc(Cl)cc2)cc1. The third-order valence-corrected chi connectivity index (χ3v) is 6.48. The molecule has 1 N–H and O–H groups in total. The van der Waals surface area contributed by atoms with Gasteiger partial charge in [0.15, 0.2) is 6.61 Å². The lowest BCUT2D eigenvalue weighted by Crippen LogP contribution is -2.38. The Labute approximate surface area is 171 Å². The van der Waals surface area contributed by atoms with E-state index in [0.29, 0.717) is 22.4 Å². The Balaban J connectivity index is 2.01. The van der Waals surface area contributed by atoms with Crippen LogP contribution >= 0.6 is 11.6 Å². The van der Waals surface area contributed by atoms with E-state index >= 15 is 0 Å². The van der Waals surface area contributed by atoms with Crippen LogP contribution in [0.2, 0.25) is 5.02 Å². The van der Waals surface area contributed by atoms with Crippen molar-refractivity contribution < 1.29 is 17.9 Å². The van der Waals surface area contributed by atoms with E-state index in [-0.39, 0.29) is 23.5 Å². The fourth-order valence-corrected chi connectivity index (χ4v) is 3.59. The minimum absolute atomic E-state index is 0.0604. The highest BCUT2D eigenvalue weighted by Gasteiger charge is 2.21. The highest BCUT2D eigenvalue weighted by Crippen LogP contribution is 2.25. The van der Waals surface area contributed by atoms with Crippen molar-refractivity contribution in [2.45, 2.75) is 31.7 Å². The van der Waals surface area contributed by atoms with Gasteiger partial charge < -0.3 is 10.1 Å². The number of ether oxygens (including phenoxy) is 1. The Bertz CT molecular complexity index is 897. The second-order valence-corrected chi connectivity index (χ2v) is 9.21. The Morgan fingerprint density at radius 3 is 2.18 bits per heavy atom. The number of nitrogens with zero attached hydrogens (tertiary/aromatic N) is 1. The van der Waals surface area contributed by atoms with Crippen molar-refractivity contribution in [3.8, 4) is 5.75 Å². The number of hydrogen-bond acceptors (Lipinski definition) is 4. The third-order valence-electron chi connectivity index (χ3n) is 4.43. The number of hydrogen-bond donors (Lipinski definition) is 1. The van der Waals surface area contributed by atoms with Crippen molar-refractivity contribution in [2.75, 3.05) is 18.0 Å². The zero-order valence-corrected chi connectivity index (χ0v) is 17.9. The molecular weight excluding hydrogens is 400 g/mol. The van der Waals surface area contributed by atoms with Gasteiger partial charge in [-0.05, 0) is 61.4 Å². The molecule has 6 nitrogen and oxygen atoms in total. The molecule has 0 saturated carbocycles. The van der Waals surface area contributed by atoms with Gasteiger partial charge in [0.2, 0.25) is 0 Å². The van der Waals surface area contributed by atoms with E-state index in [0.717, 1.165) is 0 Å². The van der Waals surface area contributed by atoms with Crippen LogP contribution in [-0.4, -0.2) is 34.0 Å². The van der Waals surface area contributed by atoms with Crippen molar-refractivity contribution >= 4 is 33.2 Å². The highest BCUT2D eigenvalue weighted by molar-refractivity contribution is 7.92. The molecular formula is C20H25ClN2O4S. The average molecular weight is 425 g/mol. The van der Waals surface area contributed by atoms with Crippen molar-refractivity contribution in [2.24, 2.45) is 5.92 Å². The van der Waals surface area contributed by atoms with Gasteiger partial charge in [-0.3, -0.25) is 9.10 Å². The lowest BCUT2D eigenvalue weighted by molar-refractivity contribution is -0.124. The Kier molecular flexibility index (Phi) is 7.32. The molecule has 0 saturated heterocycles. The first-order valence-electron chi connectivity index (χ1n) is 8.88. The van der Waals surface area contributed by atoms with Crippen LogP contribution in [0.1, 0.15) is 20.8 Å². The molecule has 0 aliphatic rings. The van der Waals surface area contributed by atoms with E-state index in [1.165, 1.54) is 35.6 Å². The quantitative estimate of drug-likeness (QED) is 0.700. The van der Waals surface area contributed by atoms with Gasteiger partial charge in [-0.15, -0.1) is 0 Å². The molecule has 0 aliphatic carbocycles. The van der Waals surface area contributed by atoms with E-state index in [2.05, 4.69) is 5.32 Å².